The molecule has 36 heavy (non-hydrogen) atoms. The van der Waals surface area contributed by atoms with Crippen LogP contribution >= 0.6 is 12.4 Å². The molecule has 2 rings (SSSR count). The minimum Gasteiger partial charge on any atom is -0.394 e. The Morgan fingerprint density at radius 2 is 1.53 bits per heavy atom. The Labute approximate surface area is 212 Å². The molecule has 0 fully saturated rings. The molecule has 192 valence electrons. The number of hydrogen-bond donors (Lipinski definition) is 7. The van der Waals surface area contributed by atoms with Crippen LogP contribution in [-0.2, 0) is 9.59 Å². The Balaban J connectivity index is 0.00000648. The predicted octanol–water partition coefficient (Wildman–Crippen LogP) is -0.229. The molecule has 0 aliphatic carbocycles. The first-order valence-corrected chi connectivity index (χ1v) is 10.2. The quantitative estimate of drug-likeness (QED) is 0.133. The molecule has 5 amide bonds. The summed E-state index contributed by atoms with van der Waals surface area (Å²) in [6.07, 6.45) is 0. The van der Waals surface area contributed by atoms with Gasteiger partial charge in [0.1, 0.15) is 6.04 Å². The van der Waals surface area contributed by atoms with Crippen molar-refractivity contribution in [2.75, 3.05) is 18.5 Å². The first-order chi connectivity index (χ1) is 16.6. The molecule has 2 aromatic carbocycles. The van der Waals surface area contributed by atoms with E-state index in [4.69, 9.17) is 11.5 Å². The normalized spacial score (nSPS) is 10.6. The highest BCUT2D eigenvalue weighted by atomic mass is 35.5. The lowest BCUT2D eigenvalue weighted by atomic mass is 10.1. The molecule has 0 unspecified atom stereocenters. The van der Waals surface area contributed by atoms with Crippen molar-refractivity contribution >= 4 is 59.3 Å². The average molecular weight is 520 g/mol. The van der Waals surface area contributed by atoms with Gasteiger partial charge in [-0.15, -0.1) is 12.4 Å². The number of aliphatic imine (C=N–C) groups is 1. The Bertz CT molecular complexity index is 1130. The molecule has 1 atom stereocenters. The second-order valence-electron chi connectivity index (χ2n) is 7.15. The molecular weight excluding hydrogens is 494 g/mol. The molecule has 2 aromatic rings. The SMILES string of the molecule is CC(=O)c1ccc(NC(=O)N[C@@H](CO)C(=O)NCC(=O)NC(=O)c2ccc(N=C(N)N)cc2)cc1.Cl. The van der Waals surface area contributed by atoms with Gasteiger partial charge in [-0.1, -0.05) is 0 Å². The van der Waals surface area contributed by atoms with Crippen molar-refractivity contribution in [2.45, 2.75) is 13.0 Å². The average Bonchev–Trinajstić information content (AvgIpc) is 2.81. The van der Waals surface area contributed by atoms with E-state index in [2.05, 4.69) is 26.3 Å². The van der Waals surface area contributed by atoms with Crippen molar-refractivity contribution in [3.63, 3.8) is 0 Å². The zero-order valence-corrected chi connectivity index (χ0v) is 19.9. The van der Waals surface area contributed by atoms with Gasteiger partial charge in [0.05, 0.1) is 18.8 Å². The third-order valence-electron chi connectivity index (χ3n) is 4.42. The van der Waals surface area contributed by atoms with Gasteiger partial charge < -0.3 is 32.5 Å². The monoisotopic (exact) mass is 519 g/mol. The molecular formula is C22H26ClN7O6. The van der Waals surface area contributed by atoms with Crippen LogP contribution in [0.5, 0.6) is 0 Å². The van der Waals surface area contributed by atoms with E-state index in [1.165, 1.54) is 55.5 Å². The highest BCUT2D eigenvalue weighted by Crippen LogP contribution is 2.12. The van der Waals surface area contributed by atoms with Gasteiger partial charge in [-0.25, -0.2) is 9.79 Å². The van der Waals surface area contributed by atoms with Crippen LogP contribution in [0.4, 0.5) is 16.2 Å². The Kier molecular flexibility index (Phi) is 11.5. The number of rotatable bonds is 9. The molecule has 14 heteroatoms. The maximum Gasteiger partial charge on any atom is 0.319 e. The maximum atomic E-state index is 12.2. The highest BCUT2D eigenvalue weighted by molar-refractivity contribution is 6.06. The van der Waals surface area contributed by atoms with E-state index < -0.39 is 42.9 Å². The maximum absolute atomic E-state index is 12.2. The zero-order chi connectivity index (χ0) is 26.0. The molecule has 0 aromatic heterocycles. The van der Waals surface area contributed by atoms with Gasteiger partial charge >= 0.3 is 6.03 Å². The molecule has 9 N–H and O–H groups in total. The lowest BCUT2D eigenvalue weighted by molar-refractivity contribution is -0.127. The van der Waals surface area contributed by atoms with Gasteiger partial charge in [0.15, 0.2) is 11.7 Å². The number of nitrogens with zero attached hydrogens (tertiary/aromatic N) is 1. The van der Waals surface area contributed by atoms with Crippen LogP contribution < -0.4 is 32.7 Å². The summed E-state index contributed by atoms with van der Waals surface area (Å²) in [7, 11) is 0. The topological polar surface area (TPSA) is 218 Å². The number of benzene rings is 2. The van der Waals surface area contributed by atoms with Crippen LogP contribution in [0.25, 0.3) is 0 Å². The van der Waals surface area contributed by atoms with E-state index in [9.17, 15) is 29.1 Å². The first-order valence-electron chi connectivity index (χ1n) is 10.2. The summed E-state index contributed by atoms with van der Waals surface area (Å²) < 4.78 is 0. The third-order valence-corrected chi connectivity index (χ3v) is 4.42. The fourth-order valence-electron chi connectivity index (χ4n) is 2.68. The number of halogens is 1. The van der Waals surface area contributed by atoms with Crippen molar-refractivity contribution < 1.29 is 29.1 Å². The number of imide groups is 1. The van der Waals surface area contributed by atoms with Crippen molar-refractivity contribution in [2.24, 2.45) is 16.5 Å². The van der Waals surface area contributed by atoms with E-state index in [0.29, 0.717) is 16.9 Å². The minimum atomic E-state index is -1.36. The van der Waals surface area contributed by atoms with Gasteiger partial charge in [0.2, 0.25) is 11.8 Å². The molecule has 0 radical (unpaired) electrons. The number of urea groups is 1. The van der Waals surface area contributed by atoms with E-state index in [1.54, 1.807) is 0 Å². The van der Waals surface area contributed by atoms with Crippen molar-refractivity contribution in [1.82, 2.24) is 16.0 Å². The molecule has 0 saturated carbocycles. The molecule has 13 nitrogen and oxygen atoms in total. The Morgan fingerprint density at radius 3 is 2.06 bits per heavy atom. The Morgan fingerprint density at radius 1 is 0.944 bits per heavy atom. The van der Waals surface area contributed by atoms with Crippen LogP contribution in [0.1, 0.15) is 27.6 Å². The smallest absolute Gasteiger partial charge is 0.319 e. The number of Topliss-reactive ketones (excluding diaryl/α,β-unsaturated/α-hetero) is 1. The van der Waals surface area contributed by atoms with Gasteiger partial charge in [0.25, 0.3) is 5.91 Å². The van der Waals surface area contributed by atoms with Crippen LogP contribution in [0.2, 0.25) is 0 Å². The number of anilines is 1. The largest absolute Gasteiger partial charge is 0.394 e. The van der Waals surface area contributed by atoms with Crippen LogP contribution in [0, 0.1) is 0 Å². The summed E-state index contributed by atoms with van der Waals surface area (Å²) in [6.45, 7) is 0.0806. The lowest BCUT2D eigenvalue weighted by Gasteiger charge is -2.16. The summed E-state index contributed by atoms with van der Waals surface area (Å²) in [4.78, 5) is 63.6. The zero-order valence-electron chi connectivity index (χ0n) is 19.1. The number of hydrogen-bond acceptors (Lipinski definition) is 7. The number of guanidine groups is 1. The standard InChI is InChI=1S/C22H25N7O6.ClH/c1-12(31)13-2-6-16(7-3-13)27-22(35)28-17(11-30)20(34)25-10-18(32)29-19(33)14-4-8-15(9-5-14)26-21(23)24;/h2-9,17,30H,10-11H2,1H3,(H,25,34)(H4,23,24,26)(H2,27,28,35)(H,29,32,33);1H/t17-;/m0./s1. The Hall–Kier alpha value is -4.49. The second-order valence-corrected chi connectivity index (χ2v) is 7.15. The molecule has 0 saturated heterocycles. The van der Waals surface area contributed by atoms with Crippen LogP contribution in [0.15, 0.2) is 53.5 Å². The molecule has 0 aliphatic rings. The number of nitrogens with one attached hydrogen (secondary N) is 4. The fourth-order valence-corrected chi connectivity index (χ4v) is 2.68. The summed E-state index contributed by atoms with van der Waals surface area (Å²) in [5.74, 6) is -2.66. The van der Waals surface area contributed by atoms with E-state index in [0.717, 1.165) is 0 Å². The van der Waals surface area contributed by atoms with E-state index in [-0.39, 0.29) is 29.7 Å². The molecule has 0 aliphatic heterocycles. The van der Waals surface area contributed by atoms with Crippen LogP contribution in [0.3, 0.4) is 0 Å². The molecule has 0 heterocycles. The minimum absolute atomic E-state index is 0. The number of carbonyl (C=O) groups is 5. The number of aliphatic hydroxyl groups is 1. The summed E-state index contributed by atoms with van der Waals surface area (Å²) >= 11 is 0. The third kappa shape index (κ3) is 9.40. The van der Waals surface area contributed by atoms with Crippen molar-refractivity contribution in [3.05, 3.63) is 59.7 Å². The second kappa shape index (κ2) is 14.0. The number of amides is 5. The predicted molar refractivity (Wildman–Crippen MR) is 134 cm³/mol. The number of carbonyl (C=O) groups excluding carboxylic acids is 5. The summed E-state index contributed by atoms with van der Waals surface area (Å²) in [5, 5.41) is 18.4. The van der Waals surface area contributed by atoms with E-state index in [1.807, 2.05) is 0 Å². The number of nitrogens with two attached hydrogens (primary N) is 2. The van der Waals surface area contributed by atoms with Crippen molar-refractivity contribution in [3.8, 4) is 0 Å². The van der Waals surface area contributed by atoms with Gasteiger partial charge in [-0.05, 0) is 55.5 Å². The van der Waals surface area contributed by atoms with Crippen molar-refractivity contribution in [1.29, 1.82) is 0 Å². The lowest BCUT2D eigenvalue weighted by Crippen LogP contribution is -2.52. The highest BCUT2D eigenvalue weighted by Gasteiger charge is 2.21. The number of aliphatic hydroxyl groups excluding tert-OH is 1. The summed E-state index contributed by atoms with van der Waals surface area (Å²) in [6, 6.07) is 9.64. The molecule has 0 spiro atoms. The summed E-state index contributed by atoms with van der Waals surface area (Å²) in [5.41, 5.74) is 11.9. The fraction of sp³-hybridized carbons (Fsp3) is 0.182. The van der Waals surface area contributed by atoms with Gasteiger partial charge in [-0.2, -0.15) is 0 Å². The first kappa shape index (κ1) is 29.5. The van der Waals surface area contributed by atoms with Gasteiger partial charge in [0, 0.05) is 16.8 Å². The number of ketones is 1. The van der Waals surface area contributed by atoms with E-state index >= 15 is 0 Å². The molecule has 0 bridgehead atoms. The van der Waals surface area contributed by atoms with Gasteiger partial charge in [-0.3, -0.25) is 24.5 Å². The van der Waals surface area contributed by atoms with Crippen LogP contribution in [-0.4, -0.2) is 59.8 Å².